The van der Waals surface area contributed by atoms with Gasteiger partial charge in [-0.3, -0.25) is 0 Å². The first-order valence-electron chi connectivity index (χ1n) is 17.8. The Morgan fingerprint density at radius 1 is 0.327 bits per heavy atom. The Labute approximate surface area is 300 Å². The SMILES string of the molecule is c1ccc2c(-c3ccc(N(c4ccc5ccc6ccccc6c5c4)c4ccc5ccc6ccccc6c5c4)c4c3oc3ccccc34)cccc2c1. The van der Waals surface area contributed by atoms with E-state index >= 15 is 0 Å². The van der Waals surface area contributed by atoms with Gasteiger partial charge in [-0.2, -0.15) is 0 Å². The summed E-state index contributed by atoms with van der Waals surface area (Å²) in [6.07, 6.45) is 0. The van der Waals surface area contributed by atoms with Crippen molar-refractivity contribution in [3.05, 3.63) is 188 Å². The van der Waals surface area contributed by atoms with Crippen LogP contribution in [0.1, 0.15) is 0 Å². The highest BCUT2D eigenvalue weighted by Gasteiger charge is 2.23. The molecular formula is C50H31NO. The van der Waals surface area contributed by atoms with Crippen molar-refractivity contribution in [2.45, 2.75) is 0 Å². The van der Waals surface area contributed by atoms with Crippen LogP contribution in [0.15, 0.2) is 192 Å². The lowest BCUT2D eigenvalue weighted by molar-refractivity contribution is 0.670. The molecule has 0 aliphatic rings. The summed E-state index contributed by atoms with van der Waals surface area (Å²) in [5.74, 6) is 0. The second-order valence-electron chi connectivity index (χ2n) is 13.7. The summed E-state index contributed by atoms with van der Waals surface area (Å²) >= 11 is 0. The summed E-state index contributed by atoms with van der Waals surface area (Å²) in [6, 6.07) is 68.1. The second kappa shape index (κ2) is 11.3. The van der Waals surface area contributed by atoms with Gasteiger partial charge in [0.15, 0.2) is 0 Å². The minimum Gasteiger partial charge on any atom is -0.455 e. The van der Waals surface area contributed by atoms with E-state index < -0.39 is 0 Å². The number of benzene rings is 10. The van der Waals surface area contributed by atoms with Gasteiger partial charge in [0.2, 0.25) is 0 Å². The zero-order chi connectivity index (χ0) is 34.2. The Morgan fingerprint density at radius 2 is 0.808 bits per heavy atom. The van der Waals surface area contributed by atoms with E-state index in [4.69, 9.17) is 4.42 Å². The maximum atomic E-state index is 6.88. The number of fused-ring (bicyclic) bond motifs is 10. The van der Waals surface area contributed by atoms with Gasteiger partial charge in [0.1, 0.15) is 11.2 Å². The molecule has 1 aromatic heterocycles. The third-order valence-electron chi connectivity index (χ3n) is 10.8. The van der Waals surface area contributed by atoms with Crippen LogP contribution in [0, 0.1) is 0 Å². The van der Waals surface area contributed by atoms with Crippen molar-refractivity contribution in [1.82, 2.24) is 0 Å². The molecule has 0 fully saturated rings. The van der Waals surface area contributed by atoms with Gasteiger partial charge in [0.05, 0.1) is 11.1 Å². The second-order valence-corrected chi connectivity index (χ2v) is 13.7. The highest BCUT2D eigenvalue weighted by Crippen LogP contribution is 2.48. The van der Waals surface area contributed by atoms with Crippen LogP contribution in [0.3, 0.4) is 0 Å². The first-order valence-corrected chi connectivity index (χ1v) is 17.8. The molecule has 1 heterocycles. The molecule has 0 aliphatic carbocycles. The largest absolute Gasteiger partial charge is 0.455 e. The summed E-state index contributed by atoms with van der Waals surface area (Å²) in [5.41, 5.74) is 7.26. The fourth-order valence-electron chi connectivity index (χ4n) is 8.35. The zero-order valence-corrected chi connectivity index (χ0v) is 28.3. The fraction of sp³-hybridized carbons (Fsp3) is 0. The van der Waals surface area contributed by atoms with E-state index in [9.17, 15) is 0 Å². The van der Waals surface area contributed by atoms with E-state index in [1.54, 1.807) is 0 Å². The zero-order valence-electron chi connectivity index (χ0n) is 28.3. The van der Waals surface area contributed by atoms with E-state index in [0.29, 0.717) is 0 Å². The Balaban J connectivity index is 1.25. The minimum atomic E-state index is 0.875. The number of furan rings is 1. The van der Waals surface area contributed by atoms with Crippen LogP contribution < -0.4 is 4.90 Å². The molecule has 0 saturated heterocycles. The molecular weight excluding hydrogens is 631 g/mol. The van der Waals surface area contributed by atoms with Crippen molar-refractivity contribution in [1.29, 1.82) is 0 Å². The Kier molecular flexibility index (Phi) is 6.28. The molecule has 11 rings (SSSR count). The number of anilines is 3. The summed E-state index contributed by atoms with van der Waals surface area (Å²) in [7, 11) is 0. The first-order chi connectivity index (χ1) is 25.8. The lowest BCUT2D eigenvalue weighted by Gasteiger charge is -2.27. The standard InChI is InChI=1S/C50H31NO/c1-4-14-39-32(10-1)13-9-18-42(39)43-28-29-47(49-44-17-7-8-19-48(44)52-50(43)49)51(37-26-24-35-22-20-33-11-2-5-15-40(33)45(35)30-37)38-27-25-36-23-21-34-12-3-6-16-41(34)46(36)31-38/h1-31H. The van der Waals surface area contributed by atoms with Crippen molar-refractivity contribution in [2.24, 2.45) is 0 Å². The lowest BCUT2D eigenvalue weighted by Crippen LogP contribution is -2.10. The van der Waals surface area contributed by atoms with Gasteiger partial charge >= 0.3 is 0 Å². The molecule has 0 amide bonds. The van der Waals surface area contributed by atoms with E-state index in [0.717, 1.165) is 50.1 Å². The van der Waals surface area contributed by atoms with Crippen LogP contribution in [0.5, 0.6) is 0 Å². The van der Waals surface area contributed by atoms with Crippen molar-refractivity contribution in [3.8, 4) is 11.1 Å². The van der Waals surface area contributed by atoms with Gasteiger partial charge in [0.25, 0.3) is 0 Å². The third kappa shape index (κ3) is 4.38. The molecule has 242 valence electrons. The van der Waals surface area contributed by atoms with E-state index in [-0.39, 0.29) is 0 Å². The highest BCUT2D eigenvalue weighted by atomic mass is 16.3. The van der Waals surface area contributed by atoms with E-state index in [1.807, 2.05) is 0 Å². The normalized spacial score (nSPS) is 11.8. The molecule has 2 heteroatoms. The quantitative estimate of drug-likeness (QED) is 0.175. The molecule has 0 aliphatic heterocycles. The topological polar surface area (TPSA) is 16.4 Å². The maximum absolute atomic E-state index is 6.88. The summed E-state index contributed by atoms with van der Waals surface area (Å²) in [5, 5.41) is 14.5. The van der Waals surface area contributed by atoms with Gasteiger partial charge < -0.3 is 9.32 Å². The smallest absolute Gasteiger partial charge is 0.145 e. The first kappa shape index (κ1) is 28.9. The molecule has 0 saturated carbocycles. The van der Waals surface area contributed by atoms with E-state index in [2.05, 4.69) is 193 Å². The Bertz CT molecular complexity index is 3080. The van der Waals surface area contributed by atoms with Crippen LogP contribution >= 0.6 is 0 Å². The summed E-state index contributed by atoms with van der Waals surface area (Å²) < 4.78 is 6.88. The van der Waals surface area contributed by atoms with Gasteiger partial charge in [-0.05, 0) is 102 Å². The van der Waals surface area contributed by atoms with Gasteiger partial charge in [-0.1, -0.05) is 146 Å². The van der Waals surface area contributed by atoms with Gasteiger partial charge in [0, 0.05) is 22.3 Å². The molecule has 52 heavy (non-hydrogen) atoms. The lowest BCUT2D eigenvalue weighted by atomic mass is 9.95. The molecule has 11 aromatic rings. The van der Waals surface area contributed by atoms with Gasteiger partial charge in [-0.15, -0.1) is 0 Å². The van der Waals surface area contributed by atoms with Crippen LogP contribution in [0.2, 0.25) is 0 Å². The Morgan fingerprint density at radius 3 is 1.44 bits per heavy atom. The molecule has 10 aromatic carbocycles. The summed E-state index contributed by atoms with van der Waals surface area (Å²) in [6.45, 7) is 0. The molecule has 0 spiro atoms. The number of hydrogen-bond acceptors (Lipinski definition) is 2. The van der Waals surface area contributed by atoms with Crippen molar-refractivity contribution in [3.63, 3.8) is 0 Å². The van der Waals surface area contributed by atoms with Crippen molar-refractivity contribution in [2.75, 3.05) is 4.90 Å². The molecule has 2 nitrogen and oxygen atoms in total. The van der Waals surface area contributed by atoms with Crippen LogP contribution in [0.4, 0.5) is 17.1 Å². The molecule has 0 bridgehead atoms. The van der Waals surface area contributed by atoms with Crippen LogP contribution in [-0.4, -0.2) is 0 Å². The number of hydrogen-bond donors (Lipinski definition) is 0. The Hall–Kier alpha value is -6.90. The average molecular weight is 662 g/mol. The average Bonchev–Trinajstić information content (AvgIpc) is 3.61. The predicted octanol–water partition coefficient (Wildman–Crippen LogP) is 14.5. The highest BCUT2D eigenvalue weighted by molar-refractivity contribution is 6.19. The molecule has 0 N–H and O–H groups in total. The molecule has 0 atom stereocenters. The number of rotatable bonds is 4. The summed E-state index contributed by atoms with van der Waals surface area (Å²) in [4.78, 5) is 2.43. The number of para-hydroxylation sites is 1. The molecule has 0 unspecified atom stereocenters. The monoisotopic (exact) mass is 661 g/mol. The van der Waals surface area contributed by atoms with Crippen molar-refractivity contribution >= 4 is 92.9 Å². The number of nitrogens with zero attached hydrogens (tertiary/aromatic N) is 1. The molecule has 0 radical (unpaired) electrons. The van der Waals surface area contributed by atoms with E-state index in [1.165, 1.54) is 53.9 Å². The van der Waals surface area contributed by atoms with Gasteiger partial charge in [-0.25, -0.2) is 0 Å². The fourth-order valence-corrected chi connectivity index (χ4v) is 8.35. The maximum Gasteiger partial charge on any atom is 0.145 e. The predicted molar refractivity (Wildman–Crippen MR) is 221 cm³/mol. The van der Waals surface area contributed by atoms with Crippen LogP contribution in [-0.2, 0) is 0 Å². The van der Waals surface area contributed by atoms with Crippen molar-refractivity contribution < 1.29 is 4.42 Å². The minimum absolute atomic E-state index is 0.875. The third-order valence-corrected chi connectivity index (χ3v) is 10.8. The van der Waals surface area contributed by atoms with Crippen LogP contribution in [0.25, 0.3) is 86.9 Å².